The Hall–Kier alpha value is -3.31. The number of benzene rings is 3. The molecule has 0 aliphatic heterocycles. The Balaban J connectivity index is 1.64. The van der Waals surface area contributed by atoms with E-state index >= 15 is 0 Å². The lowest BCUT2D eigenvalue weighted by Gasteiger charge is -2.08. The number of para-hydroxylation sites is 1. The Morgan fingerprint density at radius 1 is 0.821 bits per heavy atom. The van der Waals surface area contributed by atoms with Crippen LogP contribution in [0.1, 0.15) is 11.3 Å². The number of nitrogens with zero attached hydrogens (tertiary/aromatic N) is 2. The first kappa shape index (κ1) is 18.1. The van der Waals surface area contributed by atoms with Gasteiger partial charge >= 0.3 is 0 Å². The number of ether oxygens (including phenoxy) is 1. The molecule has 0 amide bonds. The minimum Gasteiger partial charge on any atom is -0.493 e. The molecule has 0 saturated carbocycles. The molecule has 0 bridgehead atoms. The molecule has 3 aromatic carbocycles. The van der Waals surface area contributed by atoms with Crippen LogP contribution in [-0.4, -0.2) is 14.2 Å². The first-order valence-corrected chi connectivity index (χ1v) is 9.42. The highest BCUT2D eigenvalue weighted by atomic mass is 32.1. The zero-order chi connectivity index (χ0) is 19.5. The number of imidazole rings is 1. The third kappa shape index (κ3) is 3.57. The highest BCUT2D eigenvalue weighted by Crippen LogP contribution is 2.28. The average molecular weight is 388 g/mol. The van der Waals surface area contributed by atoms with Crippen molar-refractivity contribution in [3.63, 3.8) is 0 Å². The second kappa shape index (κ2) is 7.74. The summed E-state index contributed by atoms with van der Waals surface area (Å²) in [5.74, 6) is 1.65. The topological polar surface area (TPSA) is 39.3 Å². The smallest absolute Gasteiger partial charge is 0.217 e. The molecular weight excluding hydrogens is 368 g/mol. The Morgan fingerprint density at radius 3 is 2.04 bits per heavy atom. The van der Waals surface area contributed by atoms with Crippen LogP contribution in [0.3, 0.4) is 0 Å². The third-order valence-corrected chi connectivity index (χ3v) is 5.02. The summed E-state index contributed by atoms with van der Waals surface area (Å²) in [5, 5.41) is 10.7. The van der Waals surface area contributed by atoms with Crippen LogP contribution in [0.4, 0.5) is 0 Å². The minimum absolute atomic E-state index is 0.151. The minimum atomic E-state index is 0.151. The zero-order valence-corrected chi connectivity index (χ0v) is 16.3. The van der Waals surface area contributed by atoms with Gasteiger partial charge in [-0.2, -0.15) is 0 Å². The van der Waals surface area contributed by atoms with E-state index in [0.717, 1.165) is 28.4 Å². The quantitative estimate of drug-likeness (QED) is 0.435. The van der Waals surface area contributed by atoms with Gasteiger partial charge in [0.1, 0.15) is 11.5 Å². The molecule has 0 aliphatic carbocycles. The maximum Gasteiger partial charge on any atom is 0.217 e. The first-order chi connectivity index (χ1) is 13.6. The van der Waals surface area contributed by atoms with Gasteiger partial charge in [-0.3, -0.25) is 4.57 Å². The molecule has 0 unspecified atom stereocenters. The number of aromatic nitrogens is 2. The lowest BCUT2D eigenvalue weighted by molar-refractivity contribution is 0.437. The van der Waals surface area contributed by atoms with Crippen molar-refractivity contribution in [1.82, 2.24) is 9.13 Å². The standard InChI is InChI=1S/C23H20N2O2S/c1-17-22(26)25(23(28)24(17)16-18-8-4-2-5-9-18)19-12-14-21(15-13-19)27-20-10-6-3-7-11-20/h2-15,26H,16H2,1H3. The Morgan fingerprint density at radius 2 is 1.39 bits per heavy atom. The number of hydrogen-bond acceptors (Lipinski definition) is 3. The van der Waals surface area contributed by atoms with E-state index in [2.05, 4.69) is 0 Å². The van der Waals surface area contributed by atoms with Crippen molar-refractivity contribution >= 4 is 12.2 Å². The van der Waals surface area contributed by atoms with Crippen LogP contribution in [0, 0.1) is 11.7 Å². The molecule has 1 heterocycles. The SMILES string of the molecule is Cc1c(O)n(-c2ccc(Oc3ccccc3)cc2)c(=S)n1Cc1ccccc1. The van der Waals surface area contributed by atoms with E-state index in [-0.39, 0.29) is 5.88 Å². The van der Waals surface area contributed by atoms with Crippen LogP contribution < -0.4 is 4.74 Å². The third-order valence-electron chi connectivity index (χ3n) is 4.62. The van der Waals surface area contributed by atoms with E-state index in [1.165, 1.54) is 0 Å². The van der Waals surface area contributed by atoms with Gasteiger partial charge in [-0.1, -0.05) is 48.5 Å². The van der Waals surface area contributed by atoms with E-state index in [1.54, 1.807) is 4.57 Å². The molecular formula is C23H20N2O2S. The number of hydrogen-bond donors (Lipinski definition) is 1. The molecule has 0 saturated heterocycles. The van der Waals surface area contributed by atoms with E-state index in [0.29, 0.717) is 11.3 Å². The van der Waals surface area contributed by atoms with Gasteiger partial charge in [-0.05, 0) is 61.1 Å². The summed E-state index contributed by atoms with van der Waals surface area (Å²) in [6, 6.07) is 27.2. The second-order valence-electron chi connectivity index (χ2n) is 6.51. The van der Waals surface area contributed by atoms with E-state index in [4.69, 9.17) is 17.0 Å². The molecule has 4 aromatic rings. The predicted molar refractivity (Wildman–Crippen MR) is 113 cm³/mol. The predicted octanol–water partition coefficient (Wildman–Crippen LogP) is 5.86. The summed E-state index contributed by atoms with van der Waals surface area (Å²) in [4.78, 5) is 0. The van der Waals surface area contributed by atoms with Crippen LogP contribution in [0.25, 0.3) is 5.69 Å². The lowest BCUT2D eigenvalue weighted by atomic mass is 10.2. The van der Waals surface area contributed by atoms with Gasteiger partial charge in [0.15, 0.2) is 4.77 Å². The maximum absolute atomic E-state index is 10.7. The van der Waals surface area contributed by atoms with E-state index < -0.39 is 0 Å². The van der Waals surface area contributed by atoms with Crippen LogP contribution >= 0.6 is 12.2 Å². The van der Waals surface area contributed by atoms with Gasteiger partial charge in [0, 0.05) is 0 Å². The van der Waals surface area contributed by atoms with Gasteiger partial charge < -0.3 is 14.4 Å². The molecule has 140 valence electrons. The van der Waals surface area contributed by atoms with Crippen molar-refractivity contribution in [2.24, 2.45) is 0 Å². The molecule has 28 heavy (non-hydrogen) atoms. The second-order valence-corrected chi connectivity index (χ2v) is 6.87. The Bertz CT molecular complexity index is 1130. The summed E-state index contributed by atoms with van der Waals surface area (Å²) in [5.41, 5.74) is 2.65. The fourth-order valence-corrected chi connectivity index (χ4v) is 3.50. The summed E-state index contributed by atoms with van der Waals surface area (Å²) < 4.78 is 10.0. The molecule has 4 nitrogen and oxygen atoms in total. The van der Waals surface area contributed by atoms with Crippen molar-refractivity contribution in [2.45, 2.75) is 13.5 Å². The molecule has 4 rings (SSSR count). The first-order valence-electron chi connectivity index (χ1n) is 9.02. The number of rotatable bonds is 5. The van der Waals surface area contributed by atoms with E-state index in [9.17, 15) is 5.11 Å². The summed E-state index contributed by atoms with van der Waals surface area (Å²) >= 11 is 5.65. The van der Waals surface area contributed by atoms with E-state index in [1.807, 2.05) is 96.4 Å². The van der Waals surface area contributed by atoms with Crippen LogP contribution in [0.15, 0.2) is 84.9 Å². The maximum atomic E-state index is 10.7. The normalized spacial score (nSPS) is 10.8. The fourth-order valence-electron chi connectivity index (χ4n) is 3.11. The molecule has 0 fully saturated rings. The largest absolute Gasteiger partial charge is 0.493 e. The van der Waals surface area contributed by atoms with Gasteiger partial charge in [-0.25, -0.2) is 0 Å². The molecule has 1 N–H and O–H groups in total. The summed E-state index contributed by atoms with van der Waals surface area (Å²) in [7, 11) is 0. The monoisotopic (exact) mass is 388 g/mol. The molecule has 0 atom stereocenters. The van der Waals surface area contributed by atoms with Gasteiger partial charge in [0.2, 0.25) is 5.88 Å². The Labute approximate surface area is 168 Å². The van der Waals surface area contributed by atoms with Gasteiger partial charge in [0.05, 0.1) is 17.9 Å². The molecule has 0 radical (unpaired) electrons. The van der Waals surface area contributed by atoms with Crippen molar-refractivity contribution < 1.29 is 9.84 Å². The van der Waals surface area contributed by atoms with Crippen molar-refractivity contribution in [2.75, 3.05) is 0 Å². The summed E-state index contributed by atoms with van der Waals surface area (Å²) in [6.45, 7) is 2.48. The van der Waals surface area contributed by atoms with Crippen molar-refractivity contribution in [3.05, 3.63) is 101 Å². The van der Waals surface area contributed by atoms with Gasteiger partial charge in [0.25, 0.3) is 0 Å². The molecule has 5 heteroatoms. The van der Waals surface area contributed by atoms with Crippen LogP contribution in [0.2, 0.25) is 0 Å². The lowest BCUT2D eigenvalue weighted by Crippen LogP contribution is -2.03. The molecule has 1 aromatic heterocycles. The van der Waals surface area contributed by atoms with Crippen molar-refractivity contribution in [1.29, 1.82) is 0 Å². The fraction of sp³-hybridized carbons (Fsp3) is 0.0870. The highest BCUT2D eigenvalue weighted by Gasteiger charge is 2.15. The zero-order valence-electron chi connectivity index (χ0n) is 15.4. The Kier molecular flexibility index (Phi) is 5.00. The van der Waals surface area contributed by atoms with Gasteiger partial charge in [-0.15, -0.1) is 0 Å². The van der Waals surface area contributed by atoms with Crippen LogP contribution in [-0.2, 0) is 6.54 Å². The summed E-state index contributed by atoms with van der Waals surface area (Å²) in [6.07, 6.45) is 0. The average Bonchev–Trinajstić information content (AvgIpc) is 2.94. The number of aromatic hydroxyl groups is 1. The van der Waals surface area contributed by atoms with Crippen molar-refractivity contribution in [3.8, 4) is 23.1 Å². The van der Waals surface area contributed by atoms with Crippen LogP contribution in [0.5, 0.6) is 17.4 Å². The highest BCUT2D eigenvalue weighted by molar-refractivity contribution is 7.71. The molecule has 0 aliphatic rings. The molecule has 0 spiro atoms.